The number of nitrogens with one attached hydrogen (secondary N) is 1. The molecule has 2 aliphatic rings. The largest absolute Gasteiger partial charge is 0.418 e. The first kappa shape index (κ1) is 27.7. The summed E-state index contributed by atoms with van der Waals surface area (Å²) in [5.41, 5.74) is 5.17. The minimum Gasteiger partial charge on any atom is -0.382 e. The van der Waals surface area contributed by atoms with Crippen molar-refractivity contribution in [2.45, 2.75) is 56.9 Å². The lowest BCUT2D eigenvalue weighted by molar-refractivity contribution is -0.136. The SMILES string of the molecule is CCc1ccc(-c2cc(C(F)(F)F)c3c(N)ncnn23)cc1C(=O)N[C@@H]1CN(C(=O)C2CCC(F)(F)C2)C[C@@H]1F. The maximum absolute atomic E-state index is 14.9. The molecular formula is C26H26F6N6O2. The first-order chi connectivity index (χ1) is 18.8. The van der Waals surface area contributed by atoms with Crippen molar-refractivity contribution in [1.82, 2.24) is 24.8 Å². The van der Waals surface area contributed by atoms with Crippen molar-refractivity contribution in [2.75, 3.05) is 18.8 Å². The molecule has 2 aromatic heterocycles. The number of carbonyl (C=O) groups excluding carboxylic acids is 2. The normalized spacial score (nSPS) is 22.7. The third-order valence-electron chi connectivity index (χ3n) is 7.55. The number of alkyl halides is 6. The highest BCUT2D eigenvalue weighted by Gasteiger charge is 2.46. The third-order valence-corrected chi connectivity index (χ3v) is 7.55. The van der Waals surface area contributed by atoms with Crippen molar-refractivity contribution >= 4 is 23.1 Å². The zero-order valence-electron chi connectivity index (χ0n) is 21.3. The molecule has 5 rings (SSSR count). The number of halogens is 6. The van der Waals surface area contributed by atoms with E-state index in [4.69, 9.17) is 5.73 Å². The smallest absolute Gasteiger partial charge is 0.382 e. The zero-order valence-corrected chi connectivity index (χ0v) is 21.3. The van der Waals surface area contributed by atoms with Crippen molar-refractivity contribution in [1.29, 1.82) is 0 Å². The van der Waals surface area contributed by atoms with Gasteiger partial charge >= 0.3 is 6.18 Å². The van der Waals surface area contributed by atoms with Crippen molar-refractivity contribution in [2.24, 2.45) is 5.92 Å². The molecule has 2 amide bonds. The molecule has 8 nitrogen and oxygen atoms in total. The van der Waals surface area contributed by atoms with Gasteiger partial charge in [-0.05, 0) is 30.5 Å². The first-order valence-corrected chi connectivity index (χ1v) is 12.7. The van der Waals surface area contributed by atoms with Crippen molar-refractivity contribution in [3.8, 4) is 11.3 Å². The quantitative estimate of drug-likeness (QED) is 0.448. The van der Waals surface area contributed by atoms with Gasteiger partial charge in [0.2, 0.25) is 11.8 Å². The Morgan fingerprint density at radius 2 is 1.95 bits per heavy atom. The highest BCUT2D eigenvalue weighted by Crippen LogP contribution is 2.41. The molecule has 1 saturated heterocycles. The van der Waals surface area contributed by atoms with Gasteiger partial charge in [0.15, 0.2) is 5.82 Å². The summed E-state index contributed by atoms with van der Waals surface area (Å²) in [4.78, 5) is 30.8. The van der Waals surface area contributed by atoms with Crippen molar-refractivity contribution in [3.63, 3.8) is 0 Å². The van der Waals surface area contributed by atoms with Crippen LogP contribution in [0.25, 0.3) is 16.8 Å². The van der Waals surface area contributed by atoms with Gasteiger partial charge in [-0.3, -0.25) is 9.59 Å². The maximum Gasteiger partial charge on any atom is 0.418 e. The monoisotopic (exact) mass is 568 g/mol. The number of nitrogens with two attached hydrogens (primary N) is 1. The number of benzene rings is 1. The molecule has 0 spiro atoms. The number of nitrogens with zero attached hydrogens (tertiary/aromatic N) is 4. The van der Waals surface area contributed by atoms with Gasteiger partial charge in [-0.1, -0.05) is 19.1 Å². The molecule has 214 valence electrons. The Balaban J connectivity index is 1.40. The Bertz CT molecular complexity index is 1470. The standard InChI is InChI=1S/C26H26F6N6O2/c1-2-13-3-4-14(20-8-17(26(30,31)32)21-22(33)34-12-35-38(20)21)7-16(13)23(39)36-19-11-37(10-18(19)27)24(40)15-5-6-25(28,29)9-15/h3-4,7-8,12,15,18-19H,2,5-6,9-11H2,1H3,(H,36,39)(H2,33,34,35)/t15?,18-,19+/m0/s1. The average molecular weight is 569 g/mol. The van der Waals surface area contributed by atoms with Gasteiger partial charge in [0.25, 0.3) is 5.91 Å². The number of aryl methyl sites for hydroxylation is 1. The number of fused-ring (bicyclic) bond motifs is 1. The second-order valence-electron chi connectivity index (χ2n) is 10.2. The third kappa shape index (κ3) is 5.06. The lowest BCUT2D eigenvalue weighted by Gasteiger charge is -2.20. The highest BCUT2D eigenvalue weighted by atomic mass is 19.4. The lowest BCUT2D eigenvalue weighted by atomic mass is 9.99. The second kappa shape index (κ2) is 9.97. The number of carbonyl (C=O) groups is 2. The molecule has 1 aliphatic heterocycles. The van der Waals surface area contributed by atoms with E-state index in [0.717, 1.165) is 21.8 Å². The van der Waals surface area contributed by atoms with E-state index in [2.05, 4.69) is 15.4 Å². The molecule has 1 aliphatic carbocycles. The molecule has 40 heavy (non-hydrogen) atoms. The van der Waals surface area contributed by atoms with Crippen LogP contribution < -0.4 is 11.1 Å². The zero-order chi connectivity index (χ0) is 29.0. The minimum absolute atomic E-state index is 0.0162. The molecule has 3 N–H and O–H groups in total. The Morgan fingerprint density at radius 3 is 2.60 bits per heavy atom. The summed E-state index contributed by atoms with van der Waals surface area (Å²) in [6, 6.07) is 4.30. The van der Waals surface area contributed by atoms with Gasteiger partial charge in [0.1, 0.15) is 18.0 Å². The molecule has 1 saturated carbocycles. The molecule has 1 aromatic carbocycles. The van der Waals surface area contributed by atoms with Gasteiger partial charge in [0.05, 0.1) is 23.8 Å². The number of anilines is 1. The van der Waals surface area contributed by atoms with Crippen LogP contribution in [0.3, 0.4) is 0 Å². The number of hydrogen-bond donors (Lipinski definition) is 2. The Kier molecular flexibility index (Phi) is 6.91. The Morgan fingerprint density at radius 1 is 1.20 bits per heavy atom. The van der Waals surface area contributed by atoms with Crippen LogP contribution in [-0.2, 0) is 17.4 Å². The molecule has 14 heteroatoms. The molecule has 3 atom stereocenters. The molecule has 2 fully saturated rings. The number of hydrogen-bond acceptors (Lipinski definition) is 5. The fraction of sp³-hybridized carbons (Fsp3) is 0.462. The fourth-order valence-electron chi connectivity index (χ4n) is 5.49. The van der Waals surface area contributed by atoms with Gasteiger partial charge < -0.3 is 16.0 Å². The fourth-order valence-corrected chi connectivity index (χ4v) is 5.49. The molecular weight excluding hydrogens is 542 g/mol. The number of likely N-dealkylation sites (tertiary alicyclic amines) is 1. The van der Waals surface area contributed by atoms with Crippen LogP contribution in [0.15, 0.2) is 30.6 Å². The van der Waals surface area contributed by atoms with Gasteiger partial charge in [-0.15, -0.1) is 0 Å². The molecule has 3 heterocycles. The van der Waals surface area contributed by atoms with Gasteiger partial charge in [0, 0.05) is 36.4 Å². The first-order valence-electron chi connectivity index (χ1n) is 12.7. The van der Waals surface area contributed by atoms with Crippen molar-refractivity contribution < 1.29 is 35.9 Å². The molecule has 3 aromatic rings. The van der Waals surface area contributed by atoms with E-state index in [1.807, 2.05) is 0 Å². The summed E-state index contributed by atoms with van der Waals surface area (Å²) in [5, 5.41) is 6.50. The van der Waals surface area contributed by atoms with E-state index in [-0.39, 0.29) is 42.1 Å². The van der Waals surface area contributed by atoms with Crippen LogP contribution in [0.1, 0.15) is 47.7 Å². The van der Waals surface area contributed by atoms with E-state index in [9.17, 15) is 35.9 Å². The van der Waals surface area contributed by atoms with Gasteiger partial charge in [-0.25, -0.2) is 22.7 Å². The van der Waals surface area contributed by atoms with E-state index in [1.165, 1.54) is 6.07 Å². The van der Waals surface area contributed by atoms with E-state index in [0.29, 0.717) is 12.0 Å². The van der Waals surface area contributed by atoms with Crippen LogP contribution in [0, 0.1) is 5.92 Å². The summed E-state index contributed by atoms with van der Waals surface area (Å²) in [6.45, 7) is 1.27. The topological polar surface area (TPSA) is 106 Å². The van der Waals surface area contributed by atoms with E-state index < -0.39 is 66.0 Å². The van der Waals surface area contributed by atoms with Gasteiger partial charge in [-0.2, -0.15) is 18.3 Å². The van der Waals surface area contributed by atoms with Crippen LogP contribution >= 0.6 is 0 Å². The highest BCUT2D eigenvalue weighted by molar-refractivity contribution is 5.97. The minimum atomic E-state index is -4.75. The van der Waals surface area contributed by atoms with E-state index >= 15 is 0 Å². The van der Waals surface area contributed by atoms with Crippen LogP contribution in [0.5, 0.6) is 0 Å². The summed E-state index contributed by atoms with van der Waals surface area (Å²) in [5.74, 6) is -5.42. The summed E-state index contributed by atoms with van der Waals surface area (Å²) >= 11 is 0. The lowest BCUT2D eigenvalue weighted by Crippen LogP contribution is -2.42. The molecule has 0 bridgehead atoms. The molecule has 1 unspecified atom stereocenters. The second-order valence-corrected chi connectivity index (χ2v) is 10.2. The van der Waals surface area contributed by atoms with E-state index in [1.54, 1.807) is 19.1 Å². The van der Waals surface area contributed by atoms with Crippen molar-refractivity contribution in [3.05, 3.63) is 47.3 Å². The maximum atomic E-state index is 14.9. The summed E-state index contributed by atoms with van der Waals surface area (Å²) in [6.07, 6.45) is -5.92. The van der Waals surface area contributed by atoms with Crippen LogP contribution in [0.2, 0.25) is 0 Å². The number of rotatable bonds is 5. The summed E-state index contributed by atoms with van der Waals surface area (Å²) in [7, 11) is 0. The predicted molar refractivity (Wildman–Crippen MR) is 132 cm³/mol. The Hall–Kier alpha value is -3.84. The average Bonchev–Trinajstić information content (AvgIpc) is 3.58. The number of aromatic nitrogens is 3. The van der Waals surface area contributed by atoms with Crippen LogP contribution in [0.4, 0.5) is 32.2 Å². The molecule has 0 radical (unpaired) electrons. The number of nitrogen functional groups attached to an aromatic ring is 1. The number of amides is 2. The predicted octanol–water partition coefficient (Wildman–Crippen LogP) is 4.27. The summed E-state index contributed by atoms with van der Waals surface area (Å²) < 4.78 is 84.3. The Labute approximate surface area is 224 Å². The van der Waals surface area contributed by atoms with Crippen LogP contribution in [-0.4, -0.2) is 62.5 Å².